The molecule has 0 spiro atoms. The Kier molecular flexibility index (Phi) is 4.96. The van der Waals surface area contributed by atoms with Gasteiger partial charge in [-0.05, 0) is 26.2 Å². The van der Waals surface area contributed by atoms with Crippen molar-refractivity contribution in [2.75, 3.05) is 26.2 Å². The summed E-state index contributed by atoms with van der Waals surface area (Å²) >= 11 is 0. The first kappa shape index (κ1) is 15.0. The summed E-state index contributed by atoms with van der Waals surface area (Å²) in [6.45, 7) is 11.5. The Morgan fingerprint density at radius 3 is 2.52 bits per heavy atom. The fourth-order valence-corrected chi connectivity index (χ4v) is 3.87. The molecule has 4 nitrogen and oxygen atoms in total. The molecule has 2 fully saturated rings. The van der Waals surface area contributed by atoms with E-state index in [-0.39, 0.29) is 0 Å². The first-order valence-electron chi connectivity index (χ1n) is 8.75. The summed E-state index contributed by atoms with van der Waals surface area (Å²) in [5.41, 5.74) is 2.77. The highest BCUT2D eigenvalue weighted by Gasteiger charge is 2.26. The molecule has 1 aliphatic carbocycles. The van der Waals surface area contributed by atoms with Crippen LogP contribution in [0.25, 0.3) is 0 Å². The molecule has 0 atom stereocenters. The summed E-state index contributed by atoms with van der Waals surface area (Å²) in [5.74, 6) is 0. The maximum atomic E-state index is 4.53. The highest BCUT2D eigenvalue weighted by Crippen LogP contribution is 2.24. The quantitative estimate of drug-likeness (QED) is 0.833. The van der Waals surface area contributed by atoms with E-state index in [1.54, 1.807) is 0 Å². The van der Waals surface area contributed by atoms with Crippen LogP contribution in [-0.2, 0) is 13.1 Å². The Morgan fingerprint density at radius 2 is 1.86 bits per heavy atom. The average Bonchev–Trinajstić information content (AvgIpc) is 3.14. The van der Waals surface area contributed by atoms with Gasteiger partial charge in [0.15, 0.2) is 0 Å². The number of hydrogen-bond donors (Lipinski definition) is 0. The molecule has 1 saturated heterocycles. The fraction of sp³-hybridized carbons (Fsp3) is 0.824. The molecule has 0 unspecified atom stereocenters. The van der Waals surface area contributed by atoms with Crippen LogP contribution in [0, 0.1) is 6.92 Å². The third-order valence-corrected chi connectivity index (χ3v) is 5.28. The summed E-state index contributed by atoms with van der Waals surface area (Å²) < 4.78 is 2.16. The first-order valence-corrected chi connectivity index (χ1v) is 8.75. The number of rotatable bonds is 5. The second kappa shape index (κ2) is 6.93. The van der Waals surface area contributed by atoms with E-state index in [1.165, 1.54) is 63.1 Å². The van der Waals surface area contributed by atoms with E-state index >= 15 is 0 Å². The standard InChI is InChI=1S/C17H30N4/c1-3-8-21-15(2)16(13-18-21)14-19-9-11-20(12-10-19)17-6-4-5-7-17/h13,17H,3-12,14H2,1-2H3. The number of nitrogens with zero attached hydrogens (tertiary/aromatic N) is 4. The highest BCUT2D eigenvalue weighted by atomic mass is 15.3. The lowest BCUT2D eigenvalue weighted by Crippen LogP contribution is -2.49. The molecule has 3 rings (SSSR count). The van der Waals surface area contributed by atoms with Crippen LogP contribution in [0.15, 0.2) is 6.20 Å². The number of hydrogen-bond acceptors (Lipinski definition) is 3. The van der Waals surface area contributed by atoms with Crippen LogP contribution in [0.4, 0.5) is 0 Å². The second-order valence-electron chi connectivity index (χ2n) is 6.73. The third kappa shape index (κ3) is 3.49. The van der Waals surface area contributed by atoms with Gasteiger partial charge in [0.1, 0.15) is 0 Å². The van der Waals surface area contributed by atoms with Gasteiger partial charge in [0.25, 0.3) is 0 Å². The monoisotopic (exact) mass is 290 g/mol. The zero-order valence-electron chi connectivity index (χ0n) is 13.7. The number of aromatic nitrogens is 2. The van der Waals surface area contributed by atoms with Crippen molar-refractivity contribution >= 4 is 0 Å². The van der Waals surface area contributed by atoms with Crippen LogP contribution in [0.1, 0.15) is 50.3 Å². The van der Waals surface area contributed by atoms with Gasteiger partial charge < -0.3 is 0 Å². The van der Waals surface area contributed by atoms with Gasteiger partial charge in [-0.2, -0.15) is 5.10 Å². The van der Waals surface area contributed by atoms with Crippen molar-refractivity contribution < 1.29 is 0 Å². The van der Waals surface area contributed by atoms with E-state index in [1.807, 2.05) is 0 Å². The predicted molar refractivity (Wildman–Crippen MR) is 86.4 cm³/mol. The van der Waals surface area contributed by atoms with Gasteiger partial charge in [0.05, 0.1) is 6.20 Å². The molecule has 1 aliphatic heterocycles. The normalized spacial score (nSPS) is 22.2. The van der Waals surface area contributed by atoms with Crippen molar-refractivity contribution in [3.05, 3.63) is 17.5 Å². The molecule has 0 N–H and O–H groups in total. The van der Waals surface area contributed by atoms with Crippen LogP contribution in [0.2, 0.25) is 0 Å². The van der Waals surface area contributed by atoms with E-state index in [9.17, 15) is 0 Å². The van der Waals surface area contributed by atoms with E-state index in [2.05, 4.69) is 39.6 Å². The minimum absolute atomic E-state index is 0.890. The molecule has 1 aromatic heterocycles. The lowest BCUT2D eigenvalue weighted by Gasteiger charge is -2.38. The van der Waals surface area contributed by atoms with E-state index < -0.39 is 0 Å². The number of aryl methyl sites for hydroxylation is 1. The highest BCUT2D eigenvalue weighted by molar-refractivity contribution is 5.16. The molecular formula is C17H30N4. The van der Waals surface area contributed by atoms with Crippen molar-refractivity contribution in [1.29, 1.82) is 0 Å². The molecule has 0 aromatic carbocycles. The minimum Gasteiger partial charge on any atom is -0.298 e. The lowest BCUT2D eigenvalue weighted by atomic mass is 10.1. The zero-order chi connectivity index (χ0) is 14.7. The van der Waals surface area contributed by atoms with Gasteiger partial charge in [-0.15, -0.1) is 0 Å². The van der Waals surface area contributed by atoms with Gasteiger partial charge in [-0.1, -0.05) is 19.8 Å². The lowest BCUT2D eigenvalue weighted by molar-refractivity contribution is 0.0936. The van der Waals surface area contributed by atoms with Crippen molar-refractivity contribution in [2.24, 2.45) is 0 Å². The predicted octanol–water partition coefficient (Wildman–Crippen LogP) is 2.66. The Hall–Kier alpha value is -0.870. The van der Waals surface area contributed by atoms with Gasteiger partial charge in [0.2, 0.25) is 0 Å². The zero-order valence-corrected chi connectivity index (χ0v) is 13.7. The summed E-state index contributed by atoms with van der Waals surface area (Å²) in [7, 11) is 0. The van der Waals surface area contributed by atoms with Crippen LogP contribution in [0.5, 0.6) is 0 Å². The minimum atomic E-state index is 0.890. The van der Waals surface area contributed by atoms with Crippen LogP contribution in [-0.4, -0.2) is 51.8 Å². The summed E-state index contributed by atoms with van der Waals surface area (Å²) in [6, 6.07) is 0.890. The summed E-state index contributed by atoms with van der Waals surface area (Å²) in [6.07, 6.45) is 8.99. The summed E-state index contributed by atoms with van der Waals surface area (Å²) in [5, 5.41) is 4.53. The van der Waals surface area contributed by atoms with Crippen molar-refractivity contribution in [2.45, 2.75) is 65.1 Å². The van der Waals surface area contributed by atoms with Crippen LogP contribution >= 0.6 is 0 Å². The van der Waals surface area contributed by atoms with E-state index in [4.69, 9.17) is 0 Å². The van der Waals surface area contributed by atoms with E-state index in [0.29, 0.717) is 0 Å². The maximum Gasteiger partial charge on any atom is 0.0537 e. The molecule has 0 bridgehead atoms. The Labute approximate surface area is 129 Å². The Bertz CT molecular complexity index is 440. The molecule has 1 aromatic rings. The molecule has 118 valence electrons. The van der Waals surface area contributed by atoms with Gasteiger partial charge in [-0.3, -0.25) is 14.5 Å². The fourth-order valence-electron chi connectivity index (χ4n) is 3.87. The maximum absolute atomic E-state index is 4.53. The van der Waals surface area contributed by atoms with E-state index in [0.717, 1.165) is 25.6 Å². The molecule has 2 aliphatic rings. The SMILES string of the molecule is CCCn1ncc(CN2CCN(C3CCCC3)CC2)c1C. The molecule has 2 heterocycles. The van der Waals surface area contributed by atoms with Crippen LogP contribution in [0.3, 0.4) is 0 Å². The molecule has 0 amide bonds. The molecular weight excluding hydrogens is 260 g/mol. The Balaban J connectivity index is 1.50. The first-order chi connectivity index (χ1) is 10.3. The Morgan fingerprint density at radius 1 is 1.14 bits per heavy atom. The third-order valence-electron chi connectivity index (χ3n) is 5.28. The smallest absolute Gasteiger partial charge is 0.0537 e. The topological polar surface area (TPSA) is 24.3 Å². The van der Waals surface area contributed by atoms with Gasteiger partial charge in [0, 0.05) is 56.6 Å². The molecule has 1 saturated carbocycles. The van der Waals surface area contributed by atoms with Gasteiger partial charge in [-0.25, -0.2) is 0 Å². The molecule has 4 heteroatoms. The summed E-state index contributed by atoms with van der Waals surface area (Å²) in [4.78, 5) is 5.34. The average molecular weight is 290 g/mol. The molecule has 0 radical (unpaired) electrons. The van der Waals surface area contributed by atoms with Crippen molar-refractivity contribution in [1.82, 2.24) is 19.6 Å². The largest absolute Gasteiger partial charge is 0.298 e. The van der Waals surface area contributed by atoms with Gasteiger partial charge >= 0.3 is 0 Å². The van der Waals surface area contributed by atoms with Crippen molar-refractivity contribution in [3.8, 4) is 0 Å². The second-order valence-corrected chi connectivity index (χ2v) is 6.73. The van der Waals surface area contributed by atoms with Crippen LogP contribution < -0.4 is 0 Å². The van der Waals surface area contributed by atoms with Crippen molar-refractivity contribution in [3.63, 3.8) is 0 Å². The molecule has 21 heavy (non-hydrogen) atoms. The number of piperazine rings is 1.